The maximum atomic E-state index is 12.7. The number of esters is 1. The van der Waals surface area contributed by atoms with E-state index in [-0.39, 0.29) is 24.6 Å². The lowest BCUT2D eigenvalue weighted by Crippen LogP contribution is -2.32. The molecular weight excluding hydrogens is 316 g/mol. The van der Waals surface area contributed by atoms with Gasteiger partial charge < -0.3 is 4.74 Å². The second-order valence-electron chi connectivity index (χ2n) is 5.85. The Hall–Kier alpha value is -2.75. The van der Waals surface area contributed by atoms with Crippen molar-refractivity contribution >= 4 is 17.5 Å². The van der Waals surface area contributed by atoms with Gasteiger partial charge in [0.15, 0.2) is 5.78 Å². The number of rotatable bonds is 8. The van der Waals surface area contributed by atoms with Gasteiger partial charge in [-0.3, -0.25) is 14.4 Å². The Labute approximate surface area is 147 Å². The second kappa shape index (κ2) is 8.92. The molecule has 0 aromatic heterocycles. The molecule has 0 radical (unpaired) electrons. The van der Waals surface area contributed by atoms with Crippen molar-refractivity contribution < 1.29 is 19.1 Å². The predicted octanol–water partition coefficient (Wildman–Crippen LogP) is 3.81. The zero-order valence-corrected chi connectivity index (χ0v) is 14.5. The topological polar surface area (TPSA) is 60.4 Å². The van der Waals surface area contributed by atoms with E-state index in [0.717, 1.165) is 5.56 Å². The number of hydrogen-bond acceptors (Lipinski definition) is 4. The van der Waals surface area contributed by atoms with E-state index in [9.17, 15) is 14.4 Å². The van der Waals surface area contributed by atoms with Crippen LogP contribution in [0, 0.1) is 5.92 Å². The van der Waals surface area contributed by atoms with E-state index in [1.807, 2.05) is 36.4 Å². The second-order valence-corrected chi connectivity index (χ2v) is 5.85. The van der Waals surface area contributed by atoms with Crippen molar-refractivity contribution in [1.82, 2.24) is 0 Å². The quantitative estimate of drug-likeness (QED) is 0.417. The highest BCUT2D eigenvalue weighted by molar-refractivity contribution is 6.01. The van der Waals surface area contributed by atoms with Gasteiger partial charge in [0.2, 0.25) is 0 Å². The lowest BCUT2D eigenvalue weighted by Gasteiger charge is -2.24. The summed E-state index contributed by atoms with van der Waals surface area (Å²) in [4.78, 5) is 37.2. The van der Waals surface area contributed by atoms with Crippen molar-refractivity contribution in [3.05, 3.63) is 71.8 Å². The van der Waals surface area contributed by atoms with Gasteiger partial charge in [0, 0.05) is 17.9 Å². The summed E-state index contributed by atoms with van der Waals surface area (Å²) < 4.78 is 5.08. The van der Waals surface area contributed by atoms with Gasteiger partial charge >= 0.3 is 5.97 Å². The predicted molar refractivity (Wildman–Crippen MR) is 95.4 cm³/mol. The van der Waals surface area contributed by atoms with Crippen LogP contribution in [0.1, 0.15) is 42.1 Å². The summed E-state index contributed by atoms with van der Waals surface area (Å²) in [5, 5.41) is 0. The van der Waals surface area contributed by atoms with Crippen LogP contribution in [0.2, 0.25) is 0 Å². The van der Waals surface area contributed by atoms with Crippen molar-refractivity contribution in [3.8, 4) is 0 Å². The van der Waals surface area contributed by atoms with Gasteiger partial charge in [-0.25, -0.2) is 0 Å². The first-order valence-corrected chi connectivity index (χ1v) is 8.34. The molecule has 0 bridgehead atoms. The number of Topliss-reactive ketones (excluding diaryl/α,β-unsaturated/α-hetero) is 2. The summed E-state index contributed by atoms with van der Waals surface area (Å²) in [6.07, 6.45) is 0.0666. The average molecular weight is 338 g/mol. The molecule has 0 amide bonds. The zero-order valence-electron chi connectivity index (χ0n) is 14.5. The van der Waals surface area contributed by atoms with Crippen LogP contribution < -0.4 is 0 Å². The molecule has 4 heteroatoms. The molecule has 0 aliphatic carbocycles. The molecule has 25 heavy (non-hydrogen) atoms. The smallest absolute Gasteiger partial charge is 0.317 e. The van der Waals surface area contributed by atoms with Crippen molar-refractivity contribution in [3.63, 3.8) is 0 Å². The highest BCUT2D eigenvalue weighted by Gasteiger charge is 2.36. The van der Waals surface area contributed by atoms with Gasteiger partial charge in [-0.2, -0.15) is 0 Å². The van der Waals surface area contributed by atoms with Crippen molar-refractivity contribution in [2.45, 2.75) is 26.2 Å². The molecule has 2 aromatic carbocycles. The monoisotopic (exact) mass is 338 g/mol. The van der Waals surface area contributed by atoms with Crippen molar-refractivity contribution in [2.24, 2.45) is 5.92 Å². The maximum absolute atomic E-state index is 12.7. The standard InChI is InChI=1S/C21H22O4/c1-3-25-21(24)20(15(2)22)18(16-10-6-4-7-11-16)14-19(23)17-12-8-5-9-13-17/h4-13,18,20H,3,14H2,1-2H3/t18-,20+/m1/s1. The van der Waals surface area contributed by atoms with Gasteiger partial charge in [-0.05, 0) is 19.4 Å². The van der Waals surface area contributed by atoms with Crippen LogP contribution in [0.15, 0.2) is 60.7 Å². The number of hydrogen-bond donors (Lipinski definition) is 0. The largest absolute Gasteiger partial charge is 0.465 e. The summed E-state index contributed by atoms with van der Waals surface area (Å²) in [5.74, 6) is -2.52. The van der Waals surface area contributed by atoms with E-state index in [4.69, 9.17) is 4.74 Å². The molecule has 0 heterocycles. The molecule has 130 valence electrons. The van der Waals surface area contributed by atoms with E-state index in [1.54, 1.807) is 31.2 Å². The third-order valence-electron chi connectivity index (χ3n) is 4.11. The summed E-state index contributed by atoms with van der Waals surface area (Å²) >= 11 is 0. The molecule has 0 saturated carbocycles. The highest BCUT2D eigenvalue weighted by Crippen LogP contribution is 2.31. The molecule has 4 nitrogen and oxygen atoms in total. The van der Waals surface area contributed by atoms with Gasteiger partial charge in [-0.1, -0.05) is 60.7 Å². The van der Waals surface area contributed by atoms with E-state index in [2.05, 4.69) is 0 Å². The van der Waals surface area contributed by atoms with Crippen molar-refractivity contribution in [2.75, 3.05) is 6.61 Å². The Morgan fingerprint density at radius 3 is 2.00 bits per heavy atom. The minimum absolute atomic E-state index is 0.0666. The fourth-order valence-corrected chi connectivity index (χ4v) is 2.92. The van der Waals surface area contributed by atoms with Crippen LogP contribution in [0.4, 0.5) is 0 Å². The Morgan fingerprint density at radius 1 is 0.920 bits per heavy atom. The number of carbonyl (C=O) groups is 3. The number of ketones is 2. The van der Waals surface area contributed by atoms with Crippen molar-refractivity contribution in [1.29, 1.82) is 0 Å². The van der Waals surface area contributed by atoms with E-state index >= 15 is 0 Å². The molecular formula is C21H22O4. The molecule has 0 fully saturated rings. The normalized spacial score (nSPS) is 12.9. The number of ether oxygens (including phenoxy) is 1. The van der Waals surface area contributed by atoms with E-state index in [0.29, 0.717) is 5.56 Å². The fourth-order valence-electron chi connectivity index (χ4n) is 2.92. The Morgan fingerprint density at radius 2 is 1.48 bits per heavy atom. The molecule has 2 rings (SSSR count). The van der Waals surface area contributed by atoms with Crippen LogP contribution in [-0.4, -0.2) is 24.1 Å². The summed E-state index contributed by atoms with van der Waals surface area (Å²) in [6, 6.07) is 18.1. The summed E-state index contributed by atoms with van der Waals surface area (Å²) in [6.45, 7) is 3.25. The molecule has 0 unspecified atom stereocenters. The van der Waals surface area contributed by atoms with Crippen LogP contribution in [0.5, 0.6) is 0 Å². The Bertz CT molecular complexity index is 722. The van der Waals surface area contributed by atoms with Crippen LogP contribution >= 0.6 is 0 Å². The molecule has 0 spiro atoms. The third kappa shape index (κ3) is 4.86. The van der Waals surface area contributed by atoms with Gasteiger partial charge in [0.1, 0.15) is 11.7 Å². The first kappa shape index (κ1) is 18.6. The molecule has 0 aliphatic heterocycles. The van der Waals surface area contributed by atoms with Crippen LogP contribution in [0.25, 0.3) is 0 Å². The average Bonchev–Trinajstić information content (AvgIpc) is 2.62. The Kier molecular flexibility index (Phi) is 6.63. The van der Waals surface area contributed by atoms with E-state index < -0.39 is 17.8 Å². The van der Waals surface area contributed by atoms with Crippen LogP contribution in [-0.2, 0) is 14.3 Å². The number of carbonyl (C=O) groups excluding carboxylic acids is 3. The van der Waals surface area contributed by atoms with E-state index in [1.165, 1.54) is 6.92 Å². The summed E-state index contributed by atoms with van der Waals surface area (Å²) in [7, 11) is 0. The number of benzene rings is 2. The maximum Gasteiger partial charge on any atom is 0.317 e. The summed E-state index contributed by atoms with van der Waals surface area (Å²) in [5.41, 5.74) is 1.34. The minimum Gasteiger partial charge on any atom is -0.465 e. The lowest BCUT2D eigenvalue weighted by molar-refractivity contribution is -0.152. The molecule has 0 saturated heterocycles. The third-order valence-corrected chi connectivity index (χ3v) is 4.11. The molecule has 0 aliphatic rings. The lowest BCUT2D eigenvalue weighted by atomic mass is 9.79. The SMILES string of the molecule is CCOC(=O)[C@@H](C(C)=O)[C@H](CC(=O)c1ccccc1)c1ccccc1. The minimum atomic E-state index is -0.991. The fraction of sp³-hybridized carbons (Fsp3) is 0.286. The molecule has 0 N–H and O–H groups in total. The van der Waals surface area contributed by atoms with Gasteiger partial charge in [-0.15, -0.1) is 0 Å². The first-order valence-electron chi connectivity index (χ1n) is 8.34. The highest BCUT2D eigenvalue weighted by atomic mass is 16.5. The molecule has 2 aromatic rings. The molecule has 2 atom stereocenters. The van der Waals surface area contributed by atoms with Crippen LogP contribution in [0.3, 0.4) is 0 Å². The van der Waals surface area contributed by atoms with Gasteiger partial charge in [0.05, 0.1) is 6.61 Å². The first-order chi connectivity index (χ1) is 12.0. The zero-order chi connectivity index (χ0) is 18.2. The van der Waals surface area contributed by atoms with Gasteiger partial charge in [0.25, 0.3) is 0 Å². The Balaban J connectivity index is 2.37.